The molecule has 0 bridgehead atoms. The summed E-state index contributed by atoms with van der Waals surface area (Å²) in [6.07, 6.45) is 12.2. The third kappa shape index (κ3) is 4.85. The molecule has 0 saturated heterocycles. The lowest BCUT2D eigenvalue weighted by Crippen LogP contribution is -2.89. The molecule has 4 rings (SSSR count). The van der Waals surface area contributed by atoms with Crippen molar-refractivity contribution in [2.45, 2.75) is 65.3 Å². The molecule has 2 aromatic rings. The van der Waals surface area contributed by atoms with Crippen molar-refractivity contribution in [3.8, 4) is 5.75 Å². The van der Waals surface area contributed by atoms with E-state index in [0.29, 0.717) is 6.04 Å². The van der Waals surface area contributed by atoms with Crippen LogP contribution in [0.3, 0.4) is 0 Å². The molecule has 4 heteroatoms. The number of allylic oxidation sites excluding steroid dienone is 1. The molecule has 0 saturated carbocycles. The van der Waals surface area contributed by atoms with Crippen LogP contribution in [0.15, 0.2) is 58.8 Å². The number of rotatable bonds is 10. The van der Waals surface area contributed by atoms with E-state index in [-0.39, 0.29) is 0 Å². The van der Waals surface area contributed by atoms with Gasteiger partial charge in [0, 0.05) is 35.1 Å². The number of nitrogens with one attached hydrogen (secondary N) is 1. The van der Waals surface area contributed by atoms with Gasteiger partial charge in [-0.1, -0.05) is 63.3 Å². The highest BCUT2D eigenvalue weighted by atomic mass is 16.5. The average molecular weight is 419 g/mol. The van der Waals surface area contributed by atoms with Crippen molar-refractivity contribution >= 4 is 27.9 Å². The van der Waals surface area contributed by atoms with Crippen LogP contribution in [0.4, 0.5) is 11.4 Å². The van der Waals surface area contributed by atoms with E-state index in [9.17, 15) is 0 Å². The van der Waals surface area contributed by atoms with Crippen molar-refractivity contribution in [1.82, 2.24) is 0 Å². The maximum Gasteiger partial charge on any atom is 0.155 e. The fourth-order valence-corrected chi connectivity index (χ4v) is 4.49. The van der Waals surface area contributed by atoms with Gasteiger partial charge in [-0.05, 0) is 31.9 Å². The van der Waals surface area contributed by atoms with Gasteiger partial charge in [-0.15, -0.1) is 0 Å². The van der Waals surface area contributed by atoms with Gasteiger partial charge in [0.15, 0.2) is 11.5 Å². The van der Waals surface area contributed by atoms with Crippen molar-refractivity contribution in [3.63, 3.8) is 0 Å². The van der Waals surface area contributed by atoms with Gasteiger partial charge in [-0.25, -0.2) is 4.99 Å². The Morgan fingerprint density at radius 2 is 1.81 bits per heavy atom. The lowest BCUT2D eigenvalue weighted by molar-refractivity contribution is -0.668. The summed E-state index contributed by atoms with van der Waals surface area (Å²) in [6, 6.07) is 11.0. The van der Waals surface area contributed by atoms with Crippen molar-refractivity contribution in [1.29, 1.82) is 0 Å². The zero-order chi connectivity index (χ0) is 21.6. The quantitative estimate of drug-likeness (QED) is 0.474. The fourth-order valence-electron chi connectivity index (χ4n) is 4.49. The zero-order valence-corrected chi connectivity index (χ0v) is 19.2. The number of hydrogen-bond acceptors (Lipinski definition) is 3. The Bertz CT molecular complexity index is 1020. The number of anilines is 1. The summed E-state index contributed by atoms with van der Waals surface area (Å²) < 4.78 is 6.41. The number of nitrogens with zero attached hydrogens (tertiary/aromatic N) is 1. The predicted molar refractivity (Wildman–Crippen MR) is 132 cm³/mol. The maximum atomic E-state index is 6.41. The summed E-state index contributed by atoms with van der Waals surface area (Å²) in [6.45, 7) is 8.65. The Labute approximate surface area is 186 Å². The van der Waals surface area contributed by atoms with E-state index < -0.39 is 0 Å². The van der Waals surface area contributed by atoms with E-state index in [0.717, 1.165) is 47.1 Å². The molecule has 2 aromatic carbocycles. The monoisotopic (exact) mass is 418 g/mol. The SMILES string of the molecule is CCCCCCCCNc1cc2c(c3ccccc13)N=C1C=C(C)C([NH2+]CC)C=C1O2. The fraction of sp³-hybridized carbons (Fsp3) is 0.444. The minimum absolute atomic E-state index is 0.325. The van der Waals surface area contributed by atoms with Gasteiger partial charge in [0.25, 0.3) is 0 Å². The normalized spacial score (nSPS) is 17.3. The van der Waals surface area contributed by atoms with Crippen LogP contribution >= 0.6 is 0 Å². The van der Waals surface area contributed by atoms with Crippen LogP contribution in [-0.2, 0) is 0 Å². The molecule has 1 atom stereocenters. The Morgan fingerprint density at radius 3 is 2.61 bits per heavy atom. The van der Waals surface area contributed by atoms with Gasteiger partial charge in [-0.2, -0.15) is 0 Å². The van der Waals surface area contributed by atoms with Crippen molar-refractivity contribution in [2.75, 3.05) is 18.4 Å². The lowest BCUT2D eigenvalue weighted by atomic mass is 9.97. The second kappa shape index (κ2) is 10.1. The van der Waals surface area contributed by atoms with Gasteiger partial charge in [0.05, 0.1) is 6.54 Å². The van der Waals surface area contributed by atoms with Gasteiger partial charge in [-0.3, -0.25) is 0 Å². The first-order valence-electron chi connectivity index (χ1n) is 12.0. The first-order chi connectivity index (χ1) is 15.2. The summed E-state index contributed by atoms with van der Waals surface area (Å²) in [7, 11) is 0. The summed E-state index contributed by atoms with van der Waals surface area (Å²) in [5.41, 5.74) is 4.33. The summed E-state index contributed by atoms with van der Waals surface area (Å²) in [5.74, 6) is 1.73. The molecule has 1 unspecified atom stereocenters. The number of fused-ring (bicyclic) bond motifs is 4. The lowest BCUT2D eigenvalue weighted by Gasteiger charge is -2.25. The van der Waals surface area contributed by atoms with Crippen molar-refractivity contribution < 1.29 is 10.1 Å². The maximum absolute atomic E-state index is 6.41. The average Bonchev–Trinajstić information content (AvgIpc) is 2.78. The van der Waals surface area contributed by atoms with Crippen LogP contribution < -0.4 is 15.4 Å². The summed E-state index contributed by atoms with van der Waals surface area (Å²) >= 11 is 0. The van der Waals surface area contributed by atoms with Gasteiger partial charge in [0.1, 0.15) is 17.4 Å². The van der Waals surface area contributed by atoms with Crippen LogP contribution in [0.2, 0.25) is 0 Å². The third-order valence-corrected chi connectivity index (χ3v) is 6.24. The van der Waals surface area contributed by atoms with Crippen LogP contribution in [0.5, 0.6) is 5.75 Å². The highest BCUT2D eigenvalue weighted by molar-refractivity contribution is 6.14. The molecule has 1 aliphatic carbocycles. The van der Waals surface area contributed by atoms with Gasteiger partial charge in [0.2, 0.25) is 0 Å². The Balaban J connectivity index is 1.57. The Kier molecular flexibility index (Phi) is 7.08. The van der Waals surface area contributed by atoms with E-state index in [1.807, 2.05) is 0 Å². The molecule has 31 heavy (non-hydrogen) atoms. The largest absolute Gasteiger partial charge is 0.453 e. The van der Waals surface area contributed by atoms with Gasteiger partial charge >= 0.3 is 0 Å². The van der Waals surface area contributed by atoms with E-state index in [1.165, 1.54) is 49.5 Å². The Morgan fingerprint density at radius 1 is 1.03 bits per heavy atom. The number of hydrogen-bond donors (Lipinski definition) is 2. The highest BCUT2D eigenvalue weighted by Crippen LogP contribution is 2.44. The summed E-state index contributed by atoms with van der Waals surface area (Å²) in [4.78, 5) is 5.03. The zero-order valence-electron chi connectivity index (χ0n) is 19.2. The molecule has 0 amide bonds. The molecular formula is C27H36N3O+. The predicted octanol–water partition coefficient (Wildman–Crippen LogP) is 5.87. The molecule has 3 N–H and O–H groups in total. The van der Waals surface area contributed by atoms with Gasteiger partial charge < -0.3 is 15.4 Å². The van der Waals surface area contributed by atoms with E-state index >= 15 is 0 Å². The number of likely N-dealkylation sites (N-methyl/N-ethyl adjacent to an activating group) is 1. The summed E-state index contributed by atoms with van der Waals surface area (Å²) in [5, 5.41) is 8.35. The first kappa shape index (κ1) is 21.6. The molecular weight excluding hydrogens is 382 g/mol. The van der Waals surface area contributed by atoms with Crippen LogP contribution in [-0.4, -0.2) is 24.8 Å². The van der Waals surface area contributed by atoms with Crippen molar-refractivity contribution in [3.05, 3.63) is 53.8 Å². The molecule has 1 aliphatic heterocycles. The third-order valence-electron chi connectivity index (χ3n) is 6.24. The van der Waals surface area contributed by atoms with Crippen molar-refractivity contribution in [2.24, 2.45) is 4.99 Å². The van der Waals surface area contributed by atoms with Crippen LogP contribution in [0.25, 0.3) is 10.8 Å². The van der Waals surface area contributed by atoms with E-state index in [4.69, 9.17) is 9.73 Å². The number of nitrogens with two attached hydrogens (primary N) is 1. The second-order valence-corrected chi connectivity index (χ2v) is 8.70. The molecule has 164 valence electrons. The molecule has 0 aromatic heterocycles. The molecule has 0 radical (unpaired) electrons. The van der Waals surface area contributed by atoms with E-state index in [1.54, 1.807) is 0 Å². The molecule has 1 heterocycles. The number of quaternary nitrogens is 1. The Hall–Kier alpha value is -2.59. The first-order valence-corrected chi connectivity index (χ1v) is 12.0. The number of aliphatic imine (C=N–C) groups is 1. The topological polar surface area (TPSA) is 50.2 Å². The van der Waals surface area contributed by atoms with Crippen LogP contribution in [0.1, 0.15) is 59.3 Å². The standard InChI is InChI=1S/C27H35N3O/c1-4-6-7-8-9-12-15-29-23-18-26-27(21-14-11-10-13-20(21)23)30-24-16-19(3)22(28-5-2)17-25(24)31-26/h10-11,13-14,16-18,22,28-29H,4-9,12,15H2,1-3H3/p+1. The minimum Gasteiger partial charge on any atom is -0.453 e. The molecule has 0 fully saturated rings. The van der Waals surface area contributed by atoms with Crippen LogP contribution in [0, 0.1) is 0 Å². The number of ether oxygens (including phenoxy) is 1. The van der Waals surface area contributed by atoms with E-state index in [2.05, 4.69) is 73.9 Å². The smallest absolute Gasteiger partial charge is 0.155 e. The number of benzene rings is 2. The second-order valence-electron chi connectivity index (χ2n) is 8.70. The molecule has 4 nitrogen and oxygen atoms in total. The highest BCUT2D eigenvalue weighted by Gasteiger charge is 2.27. The molecule has 0 spiro atoms. The minimum atomic E-state index is 0.325. The number of unbranched alkanes of at least 4 members (excludes halogenated alkanes) is 5. The molecule has 2 aliphatic rings.